The molecule has 158 valence electrons. The zero-order chi connectivity index (χ0) is 21.4. The van der Waals surface area contributed by atoms with Crippen molar-refractivity contribution in [1.82, 2.24) is 15.5 Å². The van der Waals surface area contributed by atoms with Crippen molar-refractivity contribution in [2.45, 2.75) is 31.1 Å². The van der Waals surface area contributed by atoms with E-state index in [1.807, 2.05) is 0 Å². The summed E-state index contributed by atoms with van der Waals surface area (Å²) in [5, 5.41) is 3.35. The molecule has 1 aromatic rings. The van der Waals surface area contributed by atoms with Crippen LogP contribution in [-0.2, 0) is 16.0 Å². The fourth-order valence-electron chi connectivity index (χ4n) is 3.04. The number of halogens is 3. The summed E-state index contributed by atoms with van der Waals surface area (Å²) < 4.78 is 51.4. The molecule has 2 aliphatic rings. The molecule has 2 N–H and O–H groups in total. The van der Waals surface area contributed by atoms with Crippen LogP contribution in [0.3, 0.4) is 0 Å². The number of benzene rings is 1. The second kappa shape index (κ2) is 7.45. The lowest BCUT2D eigenvalue weighted by atomic mass is 10.1. The predicted octanol–water partition coefficient (Wildman–Crippen LogP) is 1.58. The molecule has 1 saturated carbocycles. The van der Waals surface area contributed by atoms with Gasteiger partial charge in [0.15, 0.2) is 11.5 Å². The molecular weight excluding hydrogens is 395 g/mol. The predicted molar refractivity (Wildman–Crippen MR) is 93.1 cm³/mol. The van der Waals surface area contributed by atoms with Gasteiger partial charge in [0.25, 0.3) is 11.6 Å². The standard InChI is InChI=1S/C18H20F3N3O5/c1-28-12-6-3-10(9-13(12)29-2)7-8-24-15(26)17(18(19,20)21,23-16(24)27)22-14(25)11-4-5-11/h3,6,9,11H,4-5,7-8H2,1-2H3,(H,22,25)(H,23,27)/t17-/m1/s1. The molecular formula is C18H20F3N3O5. The number of hydrogen-bond acceptors (Lipinski definition) is 5. The molecule has 11 heteroatoms. The van der Waals surface area contributed by atoms with E-state index < -0.39 is 35.6 Å². The van der Waals surface area contributed by atoms with E-state index in [0.717, 1.165) is 0 Å². The average Bonchev–Trinajstić information content (AvgIpc) is 3.48. The highest BCUT2D eigenvalue weighted by atomic mass is 19.4. The van der Waals surface area contributed by atoms with E-state index in [1.54, 1.807) is 28.8 Å². The number of methoxy groups -OCH3 is 2. The summed E-state index contributed by atoms with van der Waals surface area (Å²) in [5.74, 6) is -2.16. The molecule has 1 aliphatic carbocycles. The van der Waals surface area contributed by atoms with Gasteiger partial charge in [-0.3, -0.25) is 19.8 Å². The van der Waals surface area contributed by atoms with Gasteiger partial charge in [-0.2, -0.15) is 13.2 Å². The van der Waals surface area contributed by atoms with Gasteiger partial charge in [0, 0.05) is 12.5 Å². The Balaban J connectivity index is 1.77. The van der Waals surface area contributed by atoms with Crippen LogP contribution in [0.1, 0.15) is 18.4 Å². The average molecular weight is 415 g/mol. The van der Waals surface area contributed by atoms with Crippen molar-refractivity contribution in [3.63, 3.8) is 0 Å². The first kappa shape index (κ1) is 20.7. The van der Waals surface area contributed by atoms with Gasteiger partial charge in [0.1, 0.15) is 0 Å². The van der Waals surface area contributed by atoms with E-state index in [4.69, 9.17) is 9.47 Å². The van der Waals surface area contributed by atoms with Crippen LogP contribution in [0.4, 0.5) is 18.0 Å². The van der Waals surface area contributed by atoms with Crippen molar-refractivity contribution in [2.75, 3.05) is 20.8 Å². The first-order valence-corrected chi connectivity index (χ1v) is 8.86. The van der Waals surface area contributed by atoms with Gasteiger partial charge in [0.05, 0.1) is 14.2 Å². The van der Waals surface area contributed by atoms with Crippen molar-refractivity contribution in [3.8, 4) is 11.5 Å². The van der Waals surface area contributed by atoms with Gasteiger partial charge in [-0.25, -0.2) is 4.79 Å². The fourth-order valence-corrected chi connectivity index (χ4v) is 3.04. The SMILES string of the molecule is COc1ccc(CCN2C(=O)N[C@@](NC(=O)C3CC3)(C(F)(F)F)C2=O)cc1OC. The quantitative estimate of drug-likeness (QED) is 0.660. The lowest BCUT2D eigenvalue weighted by Crippen LogP contribution is -2.69. The van der Waals surface area contributed by atoms with Crippen molar-refractivity contribution in [1.29, 1.82) is 0 Å². The van der Waals surface area contributed by atoms with E-state index in [2.05, 4.69) is 0 Å². The van der Waals surface area contributed by atoms with E-state index in [0.29, 0.717) is 34.8 Å². The summed E-state index contributed by atoms with van der Waals surface area (Å²) in [7, 11) is 2.89. The maximum Gasteiger partial charge on any atom is 0.440 e. The summed E-state index contributed by atoms with van der Waals surface area (Å²) in [5.41, 5.74) is -2.82. The summed E-state index contributed by atoms with van der Waals surface area (Å²) >= 11 is 0. The lowest BCUT2D eigenvalue weighted by molar-refractivity contribution is -0.204. The van der Waals surface area contributed by atoms with Gasteiger partial charge in [-0.05, 0) is 37.0 Å². The van der Waals surface area contributed by atoms with E-state index in [1.165, 1.54) is 14.2 Å². The largest absolute Gasteiger partial charge is 0.493 e. The monoisotopic (exact) mass is 415 g/mol. The van der Waals surface area contributed by atoms with Gasteiger partial charge >= 0.3 is 12.2 Å². The number of amides is 4. The van der Waals surface area contributed by atoms with Crippen LogP contribution in [0.2, 0.25) is 0 Å². The summed E-state index contributed by atoms with van der Waals surface area (Å²) in [4.78, 5) is 37.1. The van der Waals surface area contributed by atoms with E-state index in [-0.39, 0.29) is 13.0 Å². The number of carbonyl (C=O) groups excluding carboxylic acids is 3. The fraction of sp³-hybridized carbons (Fsp3) is 0.500. The maximum atomic E-state index is 13.7. The molecule has 8 nitrogen and oxygen atoms in total. The molecule has 0 bridgehead atoms. The van der Waals surface area contributed by atoms with Crippen molar-refractivity contribution >= 4 is 17.8 Å². The summed E-state index contributed by atoms with van der Waals surface area (Å²) in [6.07, 6.45) is -4.21. The first-order chi connectivity index (χ1) is 13.6. The number of imide groups is 1. The van der Waals surface area contributed by atoms with Crippen LogP contribution in [0.15, 0.2) is 18.2 Å². The van der Waals surface area contributed by atoms with Crippen molar-refractivity contribution in [3.05, 3.63) is 23.8 Å². The Bertz CT molecular complexity index is 841. The Morgan fingerprint density at radius 3 is 2.45 bits per heavy atom. The molecule has 4 amide bonds. The molecule has 1 heterocycles. The number of nitrogens with one attached hydrogen (secondary N) is 2. The molecule has 0 spiro atoms. The number of rotatable bonds is 7. The first-order valence-electron chi connectivity index (χ1n) is 8.86. The minimum Gasteiger partial charge on any atom is -0.493 e. The van der Waals surface area contributed by atoms with Crippen LogP contribution in [0.25, 0.3) is 0 Å². The summed E-state index contributed by atoms with van der Waals surface area (Å²) in [6, 6.07) is 3.63. The van der Waals surface area contributed by atoms with Crippen LogP contribution in [0, 0.1) is 5.92 Å². The number of urea groups is 1. The van der Waals surface area contributed by atoms with Crippen molar-refractivity contribution < 1.29 is 37.0 Å². The third kappa shape index (κ3) is 3.81. The molecule has 1 aliphatic heterocycles. The number of hydrogen-bond donors (Lipinski definition) is 2. The molecule has 1 atom stereocenters. The second-order valence-corrected chi connectivity index (χ2v) is 6.84. The number of nitrogens with zero attached hydrogens (tertiary/aromatic N) is 1. The lowest BCUT2D eigenvalue weighted by Gasteiger charge is -2.29. The van der Waals surface area contributed by atoms with Gasteiger partial charge in [-0.1, -0.05) is 6.07 Å². The van der Waals surface area contributed by atoms with E-state index in [9.17, 15) is 27.6 Å². The van der Waals surface area contributed by atoms with Gasteiger partial charge < -0.3 is 14.8 Å². The Hall–Kier alpha value is -2.98. The third-order valence-corrected chi connectivity index (χ3v) is 4.86. The second-order valence-electron chi connectivity index (χ2n) is 6.84. The van der Waals surface area contributed by atoms with Crippen molar-refractivity contribution in [2.24, 2.45) is 5.92 Å². The van der Waals surface area contributed by atoms with Gasteiger partial charge in [-0.15, -0.1) is 0 Å². The topological polar surface area (TPSA) is 97.0 Å². The smallest absolute Gasteiger partial charge is 0.440 e. The zero-order valence-electron chi connectivity index (χ0n) is 15.8. The molecule has 2 fully saturated rings. The molecule has 1 aromatic carbocycles. The Labute approximate surface area is 164 Å². The minimum absolute atomic E-state index is 0.0873. The van der Waals surface area contributed by atoms with Crippen LogP contribution >= 0.6 is 0 Å². The molecule has 0 radical (unpaired) electrons. The number of alkyl halides is 3. The maximum absolute atomic E-state index is 13.7. The van der Waals surface area contributed by atoms with Crippen LogP contribution < -0.4 is 20.1 Å². The number of carbonyl (C=O) groups is 3. The highest BCUT2D eigenvalue weighted by Crippen LogP contribution is 2.36. The minimum atomic E-state index is -5.19. The van der Waals surface area contributed by atoms with Gasteiger partial charge in [0.2, 0.25) is 5.91 Å². The summed E-state index contributed by atoms with van der Waals surface area (Å²) in [6.45, 7) is -0.308. The van der Waals surface area contributed by atoms with Crippen LogP contribution in [-0.4, -0.2) is 55.3 Å². The molecule has 1 saturated heterocycles. The molecule has 3 rings (SSSR count). The highest BCUT2D eigenvalue weighted by Gasteiger charge is 2.69. The number of ether oxygens (including phenoxy) is 2. The molecule has 0 aromatic heterocycles. The zero-order valence-corrected chi connectivity index (χ0v) is 15.8. The Kier molecular flexibility index (Phi) is 5.33. The third-order valence-electron chi connectivity index (χ3n) is 4.86. The molecule has 0 unspecified atom stereocenters. The highest BCUT2D eigenvalue weighted by molar-refractivity contribution is 6.09. The Morgan fingerprint density at radius 2 is 1.90 bits per heavy atom. The van der Waals surface area contributed by atoms with Crippen LogP contribution in [0.5, 0.6) is 11.5 Å². The van der Waals surface area contributed by atoms with E-state index >= 15 is 0 Å². The molecule has 29 heavy (non-hydrogen) atoms. The normalized spacial score (nSPS) is 21.8. The Morgan fingerprint density at radius 1 is 1.24 bits per heavy atom.